The Kier molecular flexibility index (Phi) is 6.00. The van der Waals surface area contributed by atoms with E-state index in [9.17, 15) is 9.59 Å². The zero-order valence-electron chi connectivity index (χ0n) is 11.6. The highest BCUT2D eigenvalue weighted by Gasteiger charge is 2.31. The monoisotopic (exact) mass is 331 g/mol. The molecule has 0 aromatic heterocycles. The number of piperazine rings is 1. The Bertz CT molecular complexity index is 344. The molecule has 1 N–H and O–H groups in total. The lowest BCUT2D eigenvalue weighted by atomic mass is 10.1. The van der Waals surface area contributed by atoms with Gasteiger partial charge in [-0.05, 0) is 13.8 Å². The lowest BCUT2D eigenvalue weighted by molar-refractivity contribution is -0.134. The van der Waals surface area contributed by atoms with E-state index in [1.807, 2.05) is 18.7 Å². The fourth-order valence-corrected chi connectivity index (χ4v) is 2.18. The van der Waals surface area contributed by atoms with Crippen molar-refractivity contribution in [2.75, 3.05) is 39.3 Å². The predicted octanol–water partition coefficient (Wildman–Crippen LogP) is 0.606. The van der Waals surface area contributed by atoms with Crippen LogP contribution in [0.4, 0.5) is 0 Å². The Morgan fingerprint density at radius 1 is 1.32 bits per heavy atom. The summed E-state index contributed by atoms with van der Waals surface area (Å²) in [7, 11) is 0. The van der Waals surface area contributed by atoms with Crippen LogP contribution in [-0.2, 0) is 9.59 Å². The van der Waals surface area contributed by atoms with E-state index in [1.165, 1.54) is 0 Å². The zero-order chi connectivity index (χ0) is 14.5. The third-order valence-electron chi connectivity index (χ3n) is 2.98. The first-order valence-electron chi connectivity index (χ1n) is 6.43. The molecule has 2 amide bonds. The number of nitrogens with zero attached hydrogens (tertiary/aromatic N) is 2. The zero-order valence-corrected chi connectivity index (χ0v) is 13.2. The highest BCUT2D eigenvalue weighted by atomic mass is 79.9. The van der Waals surface area contributed by atoms with Crippen LogP contribution in [0.15, 0.2) is 12.7 Å². The topological polar surface area (TPSA) is 52.7 Å². The fourth-order valence-electron chi connectivity index (χ4n) is 1.93. The molecule has 108 valence electrons. The number of carbonyl (C=O) groups excluding carboxylic acids is 2. The molecular formula is C13H22BrN3O2. The minimum absolute atomic E-state index is 0.000461. The molecule has 1 rings (SSSR count). The summed E-state index contributed by atoms with van der Waals surface area (Å²) in [6.07, 6.45) is 1.66. The number of carbonyl (C=O) groups is 2. The van der Waals surface area contributed by atoms with Crippen molar-refractivity contribution in [3.05, 3.63) is 12.7 Å². The van der Waals surface area contributed by atoms with Gasteiger partial charge in [-0.25, -0.2) is 0 Å². The van der Waals surface area contributed by atoms with E-state index in [0.717, 1.165) is 13.1 Å². The lowest BCUT2D eigenvalue weighted by Crippen LogP contribution is -2.54. The van der Waals surface area contributed by atoms with Crippen LogP contribution in [0.2, 0.25) is 0 Å². The van der Waals surface area contributed by atoms with Crippen LogP contribution in [0, 0.1) is 0 Å². The number of alkyl halides is 1. The van der Waals surface area contributed by atoms with Crippen LogP contribution >= 0.6 is 15.9 Å². The van der Waals surface area contributed by atoms with Gasteiger partial charge in [0.1, 0.15) is 0 Å². The Labute approximate surface area is 123 Å². The first kappa shape index (κ1) is 16.2. The molecule has 19 heavy (non-hydrogen) atoms. The van der Waals surface area contributed by atoms with Gasteiger partial charge in [0.15, 0.2) is 0 Å². The van der Waals surface area contributed by atoms with Gasteiger partial charge in [0.2, 0.25) is 11.8 Å². The Morgan fingerprint density at radius 2 is 1.89 bits per heavy atom. The van der Waals surface area contributed by atoms with Crippen LogP contribution in [0.3, 0.4) is 0 Å². The summed E-state index contributed by atoms with van der Waals surface area (Å²) < 4.78 is -0.517. The van der Waals surface area contributed by atoms with Crippen LogP contribution < -0.4 is 5.32 Å². The first-order valence-corrected chi connectivity index (χ1v) is 7.22. The molecule has 0 radical (unpaired) electrons. The van der Waals surface area contributed by atoms with Crippen molar-refractivity contribution in [3.63, 3.8) is 0 Å². The molecule has 1 heterocycles. The third-order valence-corrected chi connectivity index (χ3v) is 3.32. The Hall–Kier alpha value is -0.880. The summed E-state index contributed by atoms with van der Waals surface area (Å²) >= 11 is 3.39. The summed E-state index contributed by atoms with van der Waals surface area (Å²) in [5, 5.41) is 2.75. The molecule has 0 aromatic carbocycles. The first-order chi connectivity index (χ1) is 8.84. The summed E-state index contributed by atoms with van der Waals surface area (Å²) in [4.78, 5) is 27.5. The highest BCUT2D eigenvalue weighted by molar-refractivity contribution is 9.10. The smallest absolute Gasteiger partial charge is 0.238 e. The average Bonchev–Trinajstić information content (AvgIpc) is 2.35. The van der Waals surface area contributed by atoms with Crippen LogP contribution in [0.1, 0.15) is 13.8 Å². The number of hydrogen-bond donors (Lipinski definition) is 1. The number of amides is 2. The van der Waals surface area contributed by atoms with E-state index in [4.69, 9.17) is 0 Å². The average molecular weight is 332 g/mol. The van der Waals surface area contributed by atoms with E-state index >= 15 is 0 Å². The van der Waals surface area contributed by atoms with E-state index in [2.05, 4.69) is 32.7 Å². The van der Waals surface area contributed by atoms with E-state index < -0.39 is 4.32 Å². The quantitative estimate of drug-likeness (QED) is 0.593. The molecule has 0 atom stereocenters. The van der Waals surface area contributed by atoms with Gasteiger partial charge in [0, 0.05) is 32.7 Å². The standard InChI is InChI=1S/C13H22BrN3O2/c1-4-5-15-11(18)10-16-6-8-17(9-7-16)12(19)13(2,3)14/h4H,1,5-10H2,2-3H3,(H,15,18). The normalized spacial score (nSPS) is 17.1. The molecule has 6 heteroatoms. The van der Waals surface area contributed by atoms with Crippen LogP contribution in [-0.4, -0.2) is 65.2 Å². The number of nitrogens with one attached hydrogen (secondary N) is 1. The number of halogens is 1. The van der Waals surface area contributed by atoms with Crippen LogP contribution in [0.25, 0.3) is 0 Å². The summed E-state index contributed by atoms with van der Waals surface area (Å²) in [6, 6.07) is 0. The van der Waals surface area contributed by atoms with Gasteiger partial charge in [-0.3, -0.25) is 14.5 Å². The molecule has 0 saturated carbocycles. The molecule has 1 saturated heterocycles. The molecule has 1 aliphatic heterocycles. The molecule has 1 fully saturated rings. The minimum atomic E-state index is -0.517. The maximum absolute atomic E-state index is 12.1. The second-order valence-electron chi connectivity index (χ2n) is 5.13. The number of rotatable bonds is 5. The summed E-state index contributed by atoms with van der Waals surface area (Å²) in [5.74, 6) is 0.101. The second kappa shape index (κ2) is 7.05. The third kappa shape index (κ3) is 5.32. The molecule has 1 aliphatic rings. The second-order valence-corrected chi connectivity index (χ2v) is 7.12. The Balaban J connectivity index is 2.35. The molecule has 0 bridgehead atoms. The maximum atomic E-state index is 12.1. The van der Waals surface area contributed by atoms with Crippen molar-refractivity contribution in [2.45, 2.75) is 18.2 Å². The highest BCUT2D eigenvalue weighted by Crippen LogP contribution is 2.20. The van der Waals surface area contributed by atoms with Crippen molar-refractivity contribution < 1.29 is 9.59 Å². The molecular weight excluding hydrogens is 310 g/mol. The lowest BCUT2D eigenvalue weighted by Gasteiger charge is -2.36. The number of hydrogen-bond acceptors (Lipinski definition) is 3. The summed E-state index contributed by atoms with van der Waals surface area (Å²) in [6.45, 7) is 10.9. The van der Waals surface area contributed by atoms with Gasteiger partial charge in [-0.2, -0.15) is 0 Å². The van der Waals surface area contributed by atoms with Crippen molar-refractivity contribution in [3.8, 4) is 0 Å². The van der Waals surface area contributed by atoms with Crippen molar-refractivity contribution in [1.82, 2.24) is 15.1 Å². The Morgan fingerprint density at radius 3 is 2.37 bits per heavy atom. The fraction of sp³-hybridized carbons (Fsp3) is 0.692. The predicted molar refractivity (Wildman–Crippen MR) is 79.2 cm³/mol. The molecule has 5 nitrogen and oxygen atoms in total. The van der Waals surface area contributed by atoms with Crippen molar-refractivity contribution in [2.24, 2.45) is 0 Å². The van der Waals surface area contributed by atoms with Crippen molar-refractivity contribution >= 4 is 27.7 Å². The van der Waals surface area contributed by atoms with Gasteiger partial charge in [0.25, 0.3) is 0 Å². The van der Waals surface area contributed by atoms with Gasteiger partial charge in [0.05, 0.1) is 10.9 Å². The van der Waals surface area contributed by atoms with Gasteiger partial charge in [-0.1, -0.05) is 22.0 Å². The molecule has 0 aliphatic carbocycles. The van der Waals surface area contributed by atoms with Crippen LogP contribution in [0.5, 0.6) is 0 Å². The van der Waals surface area contributed by atoms with E-state index in [0.29, 0.717) is 26.2 Å². The maximum Gasteiger partial charge on any atom is 0.238 e. The molecule has 0 spiro atoms. The SMILES string of the molecule is C=CCNC(=O)CN1CCN(C(=O)C(C)(C)Br)CC1. The van der Waals surface area contributed by atoms with Gasteiger partial charge < -0.3 is 10.2 Å². The van der Waals surface area contributed by atoms with Crippen molar-refractivity contribution in [1.29, 1.82) is 0 Å². The summed E-state index contributed by atoms with van der Waals surface area (Å²) in [5.41, 5.74) is 0. The van der Waals surface area contributed by atoms with E-state index in [1.54, 1.807) is 6.08 Å². The van der Waals surface area contributed by atoms with E-state index in [-0.39, 0.29) is 11.8 Å². The minimum Gasteiger partial charge on any atom is -0.352 e. The van der Waals surface area contributed by atoms with Gasteiger partial charge in [-0.15, -0.1) is 6.58 Å². The largest absolute Gasteiger partial charge is 0.352 e. The molecule has 0 aromatic rings. The van der Waals surface area contributed by atoms with Gasteiger partial charge >= 0.3 is 0 Å². The molecule has 0 unspecified atom stereocenters.